The Morgan fingerprint density at radius 2 is 0.935 bits per heavy atom. The van der Waals surface area contributed by atoms with E-state index in [2.05, 4.69) is 30.7 Å². The molecule has 2 heterocycles. The lowest BCUT2D eigenvalue weighted by atomic mass is 10.0. The van der Waals surface area contributed by atoms with Crippen molar-refractivity contribution in [1.82, 2.24) is 0 Å². The fraction of sp³-hybridized carbons (Fsp3) is 0.176. The van der Waals surface area contributed by atoms with E-state index in [9.17, 15) is 9.59 Å². The number of aryl methyl sites for hydroxylation is 2. The molecule has 0 unspecified atom stereocenters. The Morgan fingerprint density at radius 3 is 1.28 bits per heavy atom. The maximum absolute atomic E-state index is 13.0. The van der Waals surface area contributed by atoms with Crippen molar-refractivity contribution in [2.24, 2.45) is 30.7 Å². The van der Waals surface area contributed by atoms with Crippen LogP contribution in [0, 0.1) is 13.8 Å². The van der Waals surface area contributed by atoms with Crippen molar-refractivity contribution < 1.29 is 9.59 Å². The van der Waals surface area contributed by atoms with Gasteiger partial charge in [-0.15, -0.1) is 0 Å². The van der Waals surface area contributed by atoms with E-state index in [1.54, 1.807) is 38.1 Å². The highest BCUT2D eigenvalue weighted by molar-refractivity contribution is 6.34. The first-order valence-corrected chi connectivity index (χ1v) is 15.2. The van der Waals surface area contributed by atoms with E-state index in [-0.39, 0.29) is 11.8 Å². The Kier molecular flexibility index (Phi) is 8.57. The Bertz CT molecular complexity index is 1830. The number of hydrogen-bond donors (Lipinski definition) is 0. The fourth-order valence-electron chi connectivity index (χ4n) is 4.90. The molecule has 12 heteroatoms. The predicted octanol–water partition coefficient (Wildman–Crippen LogP) is 9.03. The van der Waals surface area contributed by atoms with Crippen LogP contribution in [0.15, 0.2) is 116 Å². The lowest BCUT2D eigenvalue weighted by molar-refractivity contribution is -0.118. The van der Waals surface area contributed by atoms with Gasteiger partial charge in [0.2, 0.25) is 0 Å². The van der Waals surface area contributed by atoms with Crippen molar-refractivity contribution in [1.29, 1.82) is 0 Å². The zero-order valence-corrected chi connectivity index (χ0v) is 26.9. The molecular weight excluding hydrogens is 623 g/mol. The number of anilines is 2. The Balaban J connectivity index is 1.13. The molecule has 0 fully saturated rings. The van der Waals surface area contributed by atoms with Gasteiger partial charge in [-0.3, -0.25) is 9.59 Å². The standard InChI is InChI=1S/C34H28Cl2N8O2/c1-19-5-11-25(12-6-19)43-33(45)31(21(3)41-43)39-37-29-15-9-23(17-27(29)35)24-10-16-30(28(36)18-24)38-40-32-22(4)42-44(34(32)46)26-13-7-20(2)8-14-26/h5-18,31-32H,1-4H3/t31-,32-/m0/s1. The number of hydrazone groups is 2. The molecule has 0 saturated heterocycles. The summed E-state index contributed by atoms with van der Waals surface area (Å²) >= 11 is 13.1. The van der Waals surface area contributed by atoms with E-state index < -0.39 is 12.1 Å². The summed E-state index contributed by atoms with van der Waals surface area (Å²) in [5.74, 6) is -0.568. The maximum Gasteiger partial charge on any atom is 0.280 e. The SMILES string of the molecule is CC1=NN(c2ccc(C)cc2)C(=O)[C@H]1N=Nc1ccc(-c2ccc(N=N[C@@H]3C(=O)N(c4ccc(C)cc4)N=C3C)c(Cl)c2)cc1Cl. The molecule has 2 amide bonds. The number of nitrogens with zero attached hydrogens (tertiary/aromatic N) is 8. The molecule has 0 saturated carbocycles. The van der Waals surface area contributed by atoms with Crippen LogP contribution in [0.5, 0.6) is 0 Å². The number of carbonyl (C=O) groups is 2. The van der Waals surface area contributed by atoms with Crippen LogP contribution in [0.3, 0.4) is 0 Å². The second-order valence-electron chi connectivity index (χ2n) is 11.0. The molecule has 2 aliphatic rings. The van der Waals surface area contributed by atoms with Crippen LogP contribution in [0.4, 0.5) is 22.7 Å². The molecule has 10 nitrogen and oxygen atoms in total. The lowest BCUT2D eigenvalue weighted by Gasteiger charge is -2.12. The zero-order valence-electron chi connectivity index (χ0n) is 25.4. The van der Waals surface area contributed by atoms with Crippen LogP contribution < -0.4 is 10.0 Å². The van der Waals surface area contributed by atoms with Crippen molar-refractivity contribution in [2.75, 3.05) is 10.0 Å². The predicted molar refractivity (Wildman–Crippen MR) is 182 cm³/mol. The molecule has 0 bridgehead atoms. The monoisotopic (exact) mass is 650 g/mol. The second kappa shape index (κ2) is 12.7. The highest BCUT2D eigenvalue weighted by Crippen LogP contribution is 2.35. The number of halogens is 2. The molecule has 0 spiro atoms. The van der Waals surface area contributed by atoms with Crippen molar-refractivity contribution in [2.45, 2.75) is 39.8 Å². The van der Waals surface area contributed by atoms with Crippen LogP contribution in [-0.2, 0) is 9.59 Å². The normalized spacial score (nSPS) is 18.3. The Morgan fingerprint density at radius 1 is 0.565 bits per heavy atom. The second-order valence-corrected chi connectivity index (χ2v) is 11.8. The summed E-state index contributed by atoms with van der Waals surface area (Å²) in [6, 6.07) is 24.0. The fourth-order valence-corrected chi connectivity index (χ4v) is 5.33. The smallest absolute Gasteiger partial charge is 0.269 e. The maximum atomic E-state index is 13.0. The van der Waals surface area contributed by atoms with Gasteiger partial charge in [-0.05, 0) is 87.4 Å². The Hall–Kier alpha value is -5.06. The van der Waals surface area contributed by atoms with Gasteiger partial charge < -0.3 is 0 Å². The van der Waals surface area contributed by atoms with E-state index in [1.807, 2.05) is 74.5 Å². The molecule has 2 aliphatic heterocycles. The van der Waals surface area contributed by atoms with Gasteiger partial charge in [-0.2, -0.15) is 40.7 Å². The summed E-state index contributed by atoms with van der Waals surface area (Å²) in [5.41, 5.74) is 6.99. The average Bonchev–Trinajstić information content (AvgIpc) is 3.49. The Labute approximate surface area is 275 Å². The van der Waals surface area contributed by atoms with E-state index in [4.69, 9.17) is 23.2 Å². The number of carbonyl (C=O) groups excluding carboxylic acids is 2. The third-order valence-electron chi connectivity index (χ3n) is 7.54. The minimum absolute atomic E-state index is 0.284. The summed E-state index contributed by atoms with van der Waals surface area (Å²) in [6.07, 6.45) is 0. The summed E-state index contributed by atoms with van der Waals surface area (Å²) in [4.78, 5) is 26.0. The number of amides is 2. The summed E-state index contributed by atoms with van der Waals surface area (Å²) in [5, 5.41) is 29.2. The number of benzene rings is 4. The molecule has 230 valence electrons. The molecule has 0 aliphatic carbocycles. The van der Waals surface area contributed by atoms with E-state index >= 15 is 0 Å². The minimum Gasteiger partial charge on any atom is -0.269 e. The van der Waals surface area contributed by atoms with Gasteiger partial charge in [0.15, 0.2) is 12.1 Å². The van der Waals surface area contributed by atoms with Crippen LogP contribution in [-0.4, -0.2) is 35.3 Å². The first-order chi connectivity index (χ1) is 22.1. The number of hydrogen-bond acceptors (Lipinski definition) is 8. The van der Waals surface area contributed by atoms with Gasteiger partial charge in [0.05, 0.1) is 32.8 Å². The third kappa shape index (κ3) is 6.22. The first kappa shape index (κ1) is 30.9. The van der Waals surface area contributed by atoms with Gasteiger partial charge in [0.1, 0.15) is 11.4 Å². The zero-order chi connectivity index (χ0) is 32.5. The molecule has 4 aromatic rings. The van der Waals surface area contributed by atoms with E-state index in [1.165, 1.54) is 10.0 Å². The topological polar surface area (TPSA) is 115 Å². The highest BCUT2D eigenvalue weighted by Gasteiger charge is 2.35. The minimum atomic E-state index is -0.835. The first-order valence-electron chi connectivity index (χ1n) is 14.4. The largest absolute Gasteiger partial charge is 0.280 e. The molecule has 46 heavy (non-hydrogen) atoms. The molecule has 0 aromatic heterocycles. The van der Waals surface area contributed by atoms with Gasteiger partial charge >= 0.3 is 0 Å². The van der Waals surface area contributed by atoms with Crippen LogP contribution in [0.2, 0.25) is 10.0 Å². The number of rotatable bonds is 7. The molecule has 0 radical (unpaired) electrons. The van der Waals surface area contributed by atoms with Crippen molar-refractivity contribution in [3.63, 3.8) is 0 Å². The summed E-state index contributed by atoms with van der Waals surface area (Å²) in [6.45, 7) is 7.44. The number of azo groups is 2. The molecule has 2 atom stereocenters. The van der Waals surface area contributed by atoms with Gasteiger partial charge in [-0.25, -0.2) is 0 Å². The highest BCUT2D eigenvalue weighted by atomic mass is 35.5. The summed E-state index contributed by atoms with van der Waals surface area (Å²) < 4.78 is 0. The average molecular weight is 652 g/mol. The molecule has 6 rings (SSSR count). The molecule has 0 N–H and O–H groups in total. The van der Waals surface area contributed by atoms with Crippen molar-refractivity contribution >= 4 is 69.2 Å². The van der Waals surface area contributed by atoms with E-state index in [0.29, 0.717) is 44.2 Å². The van der Waals surface area contributed by atoms with Crippen molar-refractivity contribution in [3.8, 4) is 11.1 Å². The molecule has 4 aromatic carbocycles. The van der Waals surface area contributed by atoms with Crippen molar-refractivity contribution in [3.05, 3.63) is 106 Å². The third-order valence-corrected chi connectivity index (χ3v) is 8.15. The van der Waals surface area contributed by atoms with Gasteiger partial charge in [0, 0.05) is 0 Å². The van der Waals surface area contributed by atoms with E-state index in [0.717, 1.165) is 22.3 Å². The van der Waals surface area contributed by atoms with Gasteiger partial charge in [0.25, 0.3) is 11.8 Å². The van der Waals surface area contributed by atoms with Crippen LogP contribution in [0.1, 0.15) is 25.0 Å². The quantitative estimate of drug-likeness (QED) is 0.186. The van der Waals surface area contributed by atoms with Crippen LogP contribution in [0.25, 0.3) is 11.1 Å². The molecular formula is C34H28Cl2N8O2. The van der Waals surface area contributed by atoms with Gasteiger partial charge in [-0.1, -0.05) is 70.7 Å². The summed E-state index contributed by atoms with van der Waals surface area (Å²) in [7, 11) is 0. The lowest BCUT2D eigenvalue weighted by Crippen LogP contribution is -2.29. The van der Waals surface area contributed by atoms with Crippen LogP contribution >= 0.6 is 23.2 Å².